The summed E-state index contributed by atoms with van der Waals surface area (Å²) in [7, 11) is -3.86. The van der Waals surface area contributed by atoms with Crippen LogP contribution in [0.1, 0.15) is 57.2 Å². The molecule has 1 aliphatic heterocycles. The summed E-state index contributed by atoms with van der Waals surface area (Å²) in [5.41, 5.74) is 1.57. The molecule has 1 aliphatic rings. The second-order valence-corrected chi connectivity index (χ2v) is 14.7. The number of aliphatic hydroxyl groups is 1. The molecule has 0 spiro atoms. The van der Waals surface area contributed by atoms with Crippen LogP contribution < -0.4 is 4.72 Å². The Morgan fingerprint density at radius 3 is 2.27 bits per heavy atom. The lowest BCUT2D eigenvalue weighted by atomic mass is 9.86. The number of halogens is 1. The first-order chi connectivity index (χ1) is 19.1. The summed E-state index contributed by atoms with van der Waals surface area (Å²) in [6.45, 7) is 9.56. The molecule has 4 rings (SSSR count). The second kappa shape index (κ2) is 11.6. The number of hydrogen-bond donors (Lipinski definition) is 3. The highest BCUT2D eigenvalue weighted by atomic mass is 35.5. The van der Waals surface area contributed by atoms with Crippen LogP contribution in [0.25, 0.3) is 0 Å². The number of aromatic hydroxyl groups is 1. The quantitative estimate of drug-likeness (QED) is 0.223. The third-order valence-electron chi connectivity index (χ3n) is 6.92. The van der Waals surface area contributed by atoms with Crippen LogP contribution in [0.5, 0.6) is 5.75 Å². The van der Waals surface area contributed by atoms with E-state index >= 15 is 0 Å². The summed E-state index contributed by atoms with van der Waals surface area (Å²) >= 11 is 7.04. The molecule has 3 aromatic rings. The SMILES string of the molecule is Cc1cc(SC2=C(O)CC(C)(CCc3ccc(O)cc3)OC2=O)c(C(C)(C)C)cc1NS(=O)(=O)c1ccc(Cl)cc1. The summed E-state index contributed by atoms with van der Waals surface area (Å²) < 4.78 is 34.6. The van der Waals surface area contributed by atoms with Gasteiger partial charge in [0.25, 0.3) is 10.0 Å². The van der Waals surface area contributed by atoms with Gasteiger partial charge in [0.05, 0.1) is 10.6 Å². The van der Waals surface area contributed by atoms with Gasteiger partial charge in [-0.1, -0.05) is 56.3 Å². The van der Waals surface area contributed by atoms with Crippen molar-refractivity contribution < 1.29 is 28.2 Å². The summed E-state index contributed by atoms with van der Waals surface area (Å²) in [6.07, 6.45) is 1.28. The number of hydrogen-bond acceptors (Lipinski definition) is 7. The molecule has 0 aliphatic carbocycles. The molecule has 0 bridgehead atoms. The Morgan fingerprint density at radius 2 is 1.68 bits per heavy atom. The molecule has 7 nitrogen and oxygen atoms in total. The van der Waals surface area contributed by atoms with E-state index < -0.39 is 27.0 Å². The second-order valence-electron chi connectivity index (χ2n) is 11.5. The largest absolute Gasteiger partial charge is 0.511 e. The Balaban J connectivity index is 1.59. The fourth-order valence-electron chi connectivity index (χ4n) is 4.56. The summed E-state index contributed by atoms with van der Waals surface area (Å²) in [6, 6.07) is 16.4. The summed E-state index contributed by atoms with van der Waals surface area (Å²) in [5, 5.41) is 21.0. The minimum absolute atomic E-state index is 0.0375. The number of aryl methyl sites for hydroxylation is 2. The monoisotopic (exact) mass is 615 g/mol. The van der Waals surface area contributed by atoms with E-state index in [9.17, 15) is 23.4 Å². The third kappa shape index (κ3) is 7.39. The molecule has 3 N–H and O–H groups in total. The van der Waals surface area contributed by atoms with Crippen molar-refractivity contribution in [3.63, 3.8) is 0 Å². The number of phenolic OH excluding ortho intramolecular Hbond substituents is 1. The Hall–Kier alpha value is -3.14. The number of phenols is 1. The molecule has 218 valence electrons. The first-order valence-electron chi connectivity index (χ1n) is 13.1. The number of carbonyl (C=O) groups excluding carboxylic acids is 1. The molecule has 41 heavy (non-hydrogen) atoms. The number of anilines is 1. The number of cyclic esters (lactones) is 1. The Bertz CT molecular complexity index is 1590. The van der Waals surface area contributed by atoms with Crippen molar-refractivity contribution in [3.05, 3.63) is 93.0 Å². The van der Waals surface area contributed by atoms with Crippen molar-refractivity contribution in [2.45, 2.75) is 74.7 Å². The Kier molecular flexibility index (Phi) is 8.73. The molecular formula is C31H34ClNO6S2. The fourth-order valence-corrected chi connectivity index (χ4v) is 7.05. The van der Waals surface area contributed by atoms with Crippen molar-refractivity contribution in [3.8, 4) is 5.75 Å². The van der Waals surface area contributed by atoms with E-state index in [0.717, 1.165) is 27.8 Å². The average Bonchev–Trinajstić information content (AvgIpc) is 2.87. The molecule has 1 atom stereocenters. The number of sulfonamides is 1. The average molecular weight is 616 g/mol. The molecule has 0 saturated carbocycles. The van der Waals surface area contributed by atoms with Gasteiger partial charge in [0.2, 0.25) is 0 Å². The van der Waals surface area contributed by atoms with Crippen molar-refractivity contribution in [1.29, 1.82) is 0 Å². The Labute approximate surface area is 250 Å². The standard InChI is InChI=1S/C31H34ClNO6S2/c1-19-16-27(24(30(2,3)4)17-25(19)33-41(37,38)23-12-8-21(32)9-13-23)40-28-26(35)18-31(5,39-29(28)36)15-14-20-6-10-22(34)11-7-20/h6-13,16-17,33-35H,14-15,18H2,1-5H3. The van der Waals surface area contributed by atoms with Crippen LogP contribution in [0.15, 0.2) is 81.1 Å². The van der Waals surface area contributed by atoms with Gasteiger partial charge < -0.3 is 14.9 Å². The smallest absolute Gasteiger partial charge is 0.348 e. The molecule has 0 aromatic heterocycles. The minimum Gasteiger partial charge on any atom is -0.511 e. The number of rotatable bonds is 8. The van der Waals surface area contributed by atoms with Gasteiger partial charge in [0.15, 0.2) is 0 Å². The molecule has 10 heteroatoms. The number of benzene rings is 3. The molecule has 0 saturated heterocycles. The zero-order valence-corrected chi connectivity index (χ0v) is 26.0. The van der Waals surface area contributed by atoms with E-state index in [1.807, 2.05) is 39.0 Å². The molecule has 0 fully saturated rings. The van der Waals surface area contributed by atoms with Crippen LogP contribution in [0.4, 0.5) is 5.69 Å². The maximum atomic E-state index is 13.2. The number of ether oxygens (including phenoxy) is 1. The van der Waals surface area contributed by atoms with Gasteiger partial charge in [-0.15, -0.1) is 0 Å². The maximum Gasteiger partial charge on any atom is 0.348 e. The first-order valence-corrected chi connectivity index (χ1v) is 15.8. The lowest BCUT2D eigenvalue weighted by Crippen LogP contribution is -2.37. The van der Waals surface area contributed by atoms with E-state index in [1.54, 1.807) is 32.0 Å². The van der Waals surface area contributed by atoms with E-state index in [-0.39, 0.29) is 27.7 Å². The molecular weight excluding hydrogens is 582 g/mol. The highest BCUT2D eigenvalue weighted by Gasteiger charge is 2.39. The van der Waals surface area contributed by atoms with Crippen LogP contribution in [0.2, 0.25) is 5.02 Å². The summed E-state index contributed by atoms with van der Waals surface area (Å²) in [4.78, 5) is 14.1. The number of carbonyl (C=O) groups is 1. The van der Waals surface area contributed by atoms with Crippen LogP contribution >= 0.6 is 23.4 Å². The van der Waals surface area contributed by atoms with Gasteiger partial charge in [0, 0.05) is 16.3 Å². The summed E-state index contributed by atoms with van der Waals surface area (Å²) in [5.74, 6) is -0.454. The topological polar surface area (TPSA) is 113 Å². The van der Waals surface area contributed by atoms with Crippen molar-refractivity contribution in [1.82, 2.24) is 0 Å². The molecule has 0 radical (unpaired) electrons. The zero-order valence-electron chi connectivity index (χ0n) is 23.6. The lowest BCUT2D eigenvalue weighted by molar-refractivity contribution is -0.156. The van der Waals surface area contributed by atoms with Crippen molar-refractivity contribution >= 4 is 45.0 Å². The fraction of sp³-hybridized carbons (Fsp3) is 0.323. The number of nitrogens with one attached hydrogen (secondary N) is 1. The molecule has 1 heterocycles. The molecule has 1 unspecified atom stereocenters. The van der Waals surface area contributed by atoms with Gasteiger partial charge in [0.1, 0.15) is 22.0 Å². The predicted octanol–water partition coefficient (Wildman–Crippen LogP) is 7.65. The van der Waals surface area contributed by atoms with E-state index in [4.69, 9.17) is 16.3 Å². The van der Waals surface area contributed by atoms with Crippen LogP contribution in [-0.4, -0.2) is 30.2 Å². The molecule has 0 amide bonds. The van der Waals surface area contributed by atoms with Crippen molar-refractivity contribution in [2.75, 3.05) is 4.72 Å². The lowest BCUT2D eigenvalue weighted by Gasteiger charge is -2.34. The number of esters is 1. The third-order valence-corrected chi connectivity index (χ3v) is 9.72. The van der Waals surface area contributed by atoms with E-state index in [2.05, 4.69) is 4.72 Å². The maximum absolute atomic E-state index is 13.2. The van der Waals surface area contributed by atoms with Gasteiger partial charge >= 0.3 is 5.97 Å². The van der Waals surface area contributed by atoms with Crippen LogP contribution in [-0.2, 0) is 31.4 Å². The van der Waals surface area contributed by atoms with E-state index in [0.29, 0.717) is 29.1 Å². The van der Waals surface area contributed by atoms with Crippen LogP contribution in [0.3, 0.4) is 0 Å². The van der Waals surface area contributed by atoms with E-state index in [1.165, 1.54) is 24.3 Å². The van der Waals surface area contributed by atoms with Gasteiger partial charge in [-0.05, 0) is 97.3 Å². The van der Waals surface area contributed by atoms with Gasteiger partial charge in [-0.25, -0.2) is 13.2 Å². The number of aliphatic hydroxyl groups excluding tert-OH is 1. The normalized spacial score (nSPS) is 17.9. The van der Waals surface area contributed by atoms with Crippen molar-refractivity contribution in [2.24, 2.45) is 0 Å². The van der Waals surface area contributed by atoms with Gasteiger partial charge in [-0.2, -0.15) is 0 Å². The highest BCUT2D eigenvalue weighted by molar-refractivity contribution is 8.04. The number of thioether (sulfide) groups is 1. The first kappa shape index (κ1) is 30.8. The van der Waals surface area contributed by atoms with Gasteiger partial charge in [-0.3, -0.25) is 4.72 Å². The van der Waals surface area contributed by atoms with Crippen LogP contribution in [0, 0.1) is 6.92 Å². The molecule has 3 aromatic carbocycles. The minimum atomic E-state index is -3.86. The zero-order chi connectivity index (χ0) is 30.2. The Morgan fingerprint density at radius 1 is 1.05 bits per heavy atom. The highest BCUT2D eigenvalue weighted by Crippen LogP contribution is 2.44. The predicted molar refractivity (Wildman–Crippen MR) is 163 cm³/mol.